The number of nitrogens with one attached hydrogen (secondary N) is 1. The van der Waals surface area contributed by atoms with Gasteiger partial charge in [-0.05, 0) is 0 Å². The van der Waals surface area contributed by atoms with Crippen LogP contribution in [-0.4, -0.2) is 12.9 Å². The van der Waals surface area contributed by atoms with Gasteiger partial charge in [0, 0.05) is 0 Å². The van der Waals surface area contributed by atoms with Gasteiger partial charge in [-0.2, -0.15) is 7.94 Å². The lowest BCUT2D eigenvalue weighted by molar-refractivity contribution is 0.835. The molecule has 0 saturated heterocycles. The Balaban J connectivity index is 3.11. The number of nitrogens with zero attached hydrogens (tertiary/aromatic N) is 2. The van der Waals surface area contributed by atoms with Crippen molar-refractivity contribution in [3.05, 3.63) is 31.5 Å². The maximum atomic E-state index is 10.9. The average Bonchev–Trinajstić information content (AvgIpc) is 2.22. The van der Waals surface area contributed by atoms with E-state index in [9.17, 15) is 14.4 Å². The maximum Gasteiger partial charge on any atom is 0.358 e. The molecule has 58 valence electrons. The molecule has 6 nitrogen and oxygen atoms in total. The topological polar surface area (TPSA) is 76.9 Å². The van der Waals surface area contributed by atoms with E-state index in [1.807, 2.05) is 4.98 Å². The second-order valence-corrected chi connectivity index (χ2v) is 3.68. The Morgan fingerprint density at radius 3 is 1.91 bits per heavy atom. The molecule has 8 heteroatoms. The zero-order valence-electron chi connectivity index (χ0n) is 4.94. The normalized spacial score (nSPS) is 13.8. The van der Waals surface area contributed by atoms with Crippen LogP contribution in [0.15, 0.2) is 14.4 Å². The minimum Gasteiger partial charge on any atom is -0.257 e. The first-order chi connectivity index (χ1) is 5.20. The molecule has 0 fully saturated rings. The van der Waals surface area contributed by atoms with E-state index in [0.717, 1.165) is 29.9 Å². The highest BCUT2D eigenvalue weighted by atomic mass is 33.1. The van der Waals surface area contributed by atoms with Gasteiger partial charge < -0.3 is 0 Å². The van der Waals surface area contributed by atoms with Gasteiger partial charge in [-0.1, -0.05) is 0 Å². The van der Waals surface area contributed by atoms with E-state index in [2.05, 4.69) is 0 Å². The molecule has 1 aromatic heterocycles. The summed E-state index contributed by atoms with van der Waals surface area (Å²) >= 11 is 0. The molecular weight excluding hydrogens is 190 g/mol. The van der Waals surface area contributed by atoms with Gasteiger partial charge in [-0.3, -0.25) is 4.98 Å². The molecule has 0 spiro atoms. The van der Waals surface area contributed by atoms with Crippen molar-refractivity contribution in [2.24, 2.45) is 0 Å². The van der Waals surface area contributed by atoms with Crippen molar-refractivity contribution in [3.63, 3.8) is 0 Å². The van der Waals surface area contributed by atoms with Crippen LogP contribution >= 0.6 is 22.0 Å². The van der Waals surface area contributed by atoms with Gasteiger partial charge in [0.15, 0.2) is 0 Å². The number of fused-ring (bicyclic) bond motifs is 2. The third kappa shape index (κ3) is 0.792. The zero-order chi connectivity index (χ0) is 8.01. The van der Waals surface area contributed by atoms with Gasteiger partial charge in [0.25, 0.3) is 0 Å². The predicted octanol–water partition coefficient (Wildman–Crippen LogP) is -1.38. The molecule has 11 heavy (non-hydrogen) atoms. The van der Waals surface area contributed by atoms with Gasteiger partial charge in [-0.25, -0.2) is 14.4 Å². The molecular formula is C3HN3O3S2. The third-order valence-corrected chi connectivity index (χ3v) is 3.22. The van der Waals surface area contributed by atoms with Gasteiger partial charge in [0.05, 0.1) is 22.0 Å². The smallest absolute Gasteiger partial charge is 0.257 e. The van der Waals surface area contributed by atoms with Crippen LogP contribution in [0.25, 0.3) is 0 Å². The van der Waals surface area contributed by atoms with E-state index in [4.69, 9.17) is 0 Å². The van der Waals surface area contributed by atoms with Crippen LogP contribution < -0.4 is 17.1 Å². The van der Waals surface area contributed by atoms with Crippen molar-refractivity contribution in [2.75, 3.05) is 0 Å². The third-order valence-electron chi connectivity index (χ3n) is 1.11. The zero-order valence-corrected chi connectivity index (χ0v) is 6.57. The molecule has 1 N–H and O–H groups in total. The molecule has 0 saturated carbocycles. The number of H-pyrrole nitrogens is 1. The Bertz CT molecular complexity index is 429. The Hall–Kier alpha value is -0.890. The van der Waals surface area contributed by atoms with E-state index in [0.29, 0.717) is 0 Å². The first-order valence-electron chi connectivity index (χ1n) is 2.54. The Kier molecular flexibility index (Phi) is 1.26. The van der Waals surface area contributed by atoms with Crippen LogP contribution in [0, 0.1) is 0 Å². The number of hydrogen-bond donors (Lipinski definition) is 1. The highest BCUT2D eigenvalue weighted by Crippen LogP contribution is 2.22. The Morgan fingerprint density at radius 2 is 1.45 bits per heavy atom. The minimum atomic E-state index is -0.675. The van der Waals surface area contributed by atoms with Crippen molar-refractivity contribution in [3.8, 4) is 0 Å². The lowest BCUT2D eigenvalue weighted by atomic mass is 11.0. The summed E-state index contributed by atoms with van der Waals surface area (Å²) in [6.07, 6.45) is 0. The predicted molar refractivity (Wildman–Crippen MR) is 41.6 cm³/mol. The second kappa shape index (κ2) is 2.05. The van der Waals surface area contributed by atoms with Gasteiger partial charge in [0.2, 0.25) is 0 Å². The fraction of sp³-hybridized carbons (Fsp3) is 0. The summed E-state index contributed by atoms with van der Waals surface area (Å²) in [6.45, 7) is 0. The van der Waals surface area contributed by atoms with Gasteiger partial charge >= 0.3 is 17.1 Å². The molecule has 0 aromatic carbocycles. The summed E-state index contributed by atoms with van der Waals surface area (Å²) in [6, 6.07) is 0. The first-order valence-corrected chi connectivity index (χ1v) is 4.60. The summed E-state index contributed by atoms with van der Waals surface area (Å²) in [5, 5.41) is 0. The number of hydrogen-bond acceptors (Lipinski definition) is 5. The van der Waals surface area contributed by atoms with Crippen LogP contribution in [0.4, 0.5) is 0 Å². The van der Waals surface area contributed by atoms with E-state index in [1.165, 1.54) is 0 Å². The van der Waals surface area contributed by atoms with Crippen molar-refractivity contribution >= 4 is 22.0 Å². The largest absolute Gasteiger partial charge is 0.358 e. The molecule has 1 aliphatic heterocycles. The lowest BCUT2D eigenvalue weighted by Gasteiger charge is -1.85. The average molecular weight is 191 g/mol. The fourth-order valence-electron chi connectivity index (χ4n) is 0.647. The molecule has 0 aliphatic carbocycles. The molecule has 2 heterocycles. The Morgan fingerprint density at radius 1 is 1.00 bits per heavy atom. The summed E-state index contributed by atoms with van der Waals surface area (Å²) in [4.78, 5) is 34.5. The monoisotopic (exact) mass is 191 g/mol. The minimum absolute atomic E-state index is 0.589. The maximum absolute atomic E-state index is 10.9. The quantitative estimate of drug-likeness (QED) is 0.511. The van der Waals surface area contributed by atoms with Gasteiger partial charge in [-0.15, -0.1) is 0 Å². The number of aromatic nitrogens is 3. The van der Waals surface area contributed by atoms with E-state index < -0.39 is 17.1 Å². The molecule has 0 amide bonds. The molecule has 2 bridgehead atoms. The summed E-state index contributed by atoms with van der Waals surface area (Å²) in [5.74, 6) is 0. The van der Waals surface area contributed by atoms with Crippen LogP contribution in [0.1, 0.15) is 0 Å². The lowest BCUT2D eigenvalue weighted by Crippen LogP contribution is -2.41. The second-order valence-electron chi connectivity index (χ2n) is 1.76. The Labute approximate surface area is 66.9 Å². The number of aromatic amines is 1. The summed E-state index contributed by atoms with van der Waals surface area (Å²) < 4.78 is 1.76. The number of rotatable bonds is 0. The van der Waals surface area contributed by atoms with Crippen LogP contribution in [0.3, 0.4) is 0 Å². The van der Waals surface area contributed by atoms with Crippen molar-refractivity contribution in [2.45, 2.75) is 0 Å². The molecule has 0 unspecified atom stereocenters. The highest BCUT2D eigenvalue weighted by Gasteiger charge is 2.18. The highest BCUT2D eigenvalue weighted by molar-refractivity contribution is 8.75. The standard InChI is InChI=1S/C3HN3O3S2/c7-1-4-2(8)6-3(9)5(1)10-11-6/h(H,4,7,8). The van der Waals surface area contributed by atoms with E-state index in [-0.39, 0.29) is 0 Å². The molecule has 1 aromatic rings. The molecule has 0 radical (unpaired) electrons. The molecule has 2 rings (SSSR count). The summed E-state index contributed by atoms with van der Waals surface area (Å²) in [5.41, 5.74) is -1.94. The fourth-order valence-corrected chi connectivity index (χ4v) is 2.54. The van der Waals surface area contributed by atoms with E-state index in [1.54, 1.807) is 0 Å². The van der Waals surface area contributed by atoms with Crippen LogP contribution in [0.2, 0.25) is 0 Å². The molecule has 0 atom stereocenters. The van der Waals surface area contributed by atoms with Crippen molar-refractivity contribution < 1.29 is 0 Å². The van der Waals surface area contributed by atoms with Gasteiger partial charge in [0.1, 0.15) is 0 Å². The summed E-state index contributed by atoms with van der Waals surface area (Å²) in [7, 11) is 1.85. The molecule has 1 aliphatic rings. The first kappa shape index (κ1) is 6.80. The van der Waals surface area contributed by atoms with E-state index >= 15 is 0 Å². The SMILES string of the molecule is O=c1[nH]c(=O)n2c(=O)n1SS2. The van der Waals surface area contributed by atoms with Crippen molar-refractivity contribution in [1.29, 1.82) is 0 Å². The van der Waals surface area contributed by atoms with Crippen LogP contribution in [0.5, 0.6) is 0 Å². The van der Waals surface area contributed by atoms with Crippen molar-refractivity contribution in [1.82, 2.24) is 12.9 Å². The van der Waals surface area contributed by atoms with Crippen LogP contribution in [-0.2, 0) is 0 Å².